The third-order valence-electron chi connectivity index (χ3n) is 1.91. The van der Waals surface area contributed by atoms with Crippen LogP contribution >= 0.6 is 0 Å². The monoisotopic (exact) mass is 222 g/mol. The third-order valence-corrected chi connectivity index (χ3v) is 1.91. The number of H-pyrrole nitrogens is 1. The maximum absolute atomic E-state index is 11.5. The van der Waals surface area contributed by atoms with Gasteiger partial charge in [-0.05, 0) is 6.42 Å². The van der Waals surface area contributed by atoms with E-state index >= 15 is 0 Å². The summed E-state index contributed by atoms with van der Waals surface area (Å²) in [5.41, 5.74) is -0.175. The van der Waals surface area contributed by atoms with Crippen LogP contribution in [0.1, 0.15) is 16.8 Å². The Morgan fingerprint density at radius 1 is 1.62 bits per heavy atom. The van der Waals surface area contributed by atoms with E-state index in [1.165, 1.54) is 24.7 Å². The van der Waals surface area contributed by atoms with Crippen molar-refractivity contribution >= 4 is 5.91 Å². The summed E-state index contributed by atoms with van der Waals surface area (Å²) < 4.78 is 4.89. The average Bonchev–Trinajstić information content (AvgIpc) is 2.29. The summed E-state index contributed by atoms with van der Waals surface area (Å²) in [5, 5.41) is 2.63. The zero-order valence-electron chi connectivity index (χ0n) is 8.86. The van der Waals surface area contributed by atoms with Gasteiger partial charge in [0.25, 0.3) is 5.91 Å². The summed E-state index contributed by atoms with van der Waals surface area (Å²) in [7, 11) is 0. The highest BCUT2D eigenvalue weighted by Gasteiger charge is 2.07. The van der Waals surface area contributed by atoms with Gasteiger partial charge in [0.05, 0.1) is 12.9 Å². The van der Waals surface area contributed by atoms with Crippen molar-refractivity contribution in [1.82, 2.24) is 10.3 Å². The zero-order valence-corrected chi connectivity index (χ0v) is 8.86. The minimum absolute atomic E-state index is 0.118. The van der Waals surface area contributed by atoms with E-state index in [1.807, 2.05) is 0 Å². The second kappa shape index (κ2) is 6.44. The smallest absolute Gasteiger partial charge is 0.256 e. The van der Waals surface area contributed by atoms with E-state index in [0.717, 1.165) is 0 Å². The van der Waals surface area contributed by atoms with Crippen molar-refractivity contribution in [3.05, 3.63) is 47.1 Å². The summed E-state index contributed by atoms with van der Waals surface area (Å²) in [6.07, 6.45) is 4.89. The van der Waals surface area contributed by atoms with Crippen molar-refractivity contribution in [1.29, 1.82) is 0 Å². The number of hydrogen-bond donors (Lipinski definition) is 2. The van der Waals surface area contributed by atoms with E-state index in [9.17, 15) is 9.59 Å². The second-order valence-corrected chi connectivity index (χ2v) is 3.07. The predicted molar refractivity (Wildman–Crippen MR) is 60.2 cm³/mol. The molecule has 0 saturated heterocycles. The SMILES string of the molecule is C=COCCCNC(=O)c1c[nH]ccc1=O. The summed E-state index contributed by atoms with van der Waals surface area (Å²) in [6, 6.07) is 1.32. The topological polar surface area (TPSA) is 71.2 Å². The molecule has 0 bridgehead atoms. The molecule has 0 aliphatic heterocycles. The molecule has 16 heavy (non-hydrogen) atoms. The zero-order chi connectivity index (χ0) is 11.8. The fourth-order valence-corrected chi connectivity index (χ4v) is 1.13. The standard InChI is InChI=1S/C11H14N2O3/c1-2-16-7-3-5-13-11(15)9-8-12-6-4-10(9)14/h2,4,6,8H,1,3,5,7H2,(H,12,14)(H,13,15). The molecule has 0 unspecified atom stereocenters. The van der Waals surface area contributed by atoms with Gasteiger partial charge >= 0.3 is 0 Å². The van der Waals surface area contributed by atoms with Gasteiger partial charge in [-0.25, -0.2) is 0 Å². The highest BCUT2D eigenvalue weighted by molar-refractivity contribution is 5.93. The molecule has 0 fully saturated rings. The molecule has 1 amide bonds. The van der Waals surface area contributed by atoms with Crippen LogP contribution in [0.15, 0.2) is 36.1 Å². The van der Waals surface area contributed by atoms with Gasteiger partial charge < -0.3 is 15.0 Å². The highest BCUT2D eigenvalue weighted by atomic mass is 16.5. The minimum Gasteiger partial charge on any atom is -0.502 e. The van der Waals surface area contributed by atoms with E-state index in [1.54, 1.807) is 0 Å². The first kappa shape index (κ1) is 12.0. The lowest BCUT2D eigenvalue weighted by Crippen LogP contribution is -2.29. The lowest BCUT2D eigenvalue weighted by molar-refractivity contribution is 0.0949. The molecule has 0 spiro atoms. The van der Waals surface area contributed by atoms with Crippen molar-refractivity contribution in [2.45, 2.75) is 6.42 Å². The highest BCUT2D eigenvalue weighted by Crippen LogP contribution is 1.88. The average molecular weight is 222 g/mol. The number of aromatic nitrogens is 1. The molecule has 2 N–H and O–H groups in total. The molecule has 5 nitrogen and oxygen atoms in total. The molecule has 1 aromatic rings. The van der Waals surface area contributed by atoms with E-state index in [2.05, 4.69) is 16.9 Å². The number of amides is 1. The lowest BCUT2D eigenvalue weighted by atomic mass is 10.2. The second-order valence-electron chi connectivity index (χ2n) is 3.07. The van der Waals surface area contributed by atoms with Gasteiger partial charge in [0, 0.05) is 25.0 Å². The number of hydrogen-bond acceptors (Lipinski definition) is 3. The van der Waals surface area contributed by atoms with E-state index < -0.39 is 0 Å². The Kier molecular flexibility index (Phi) is 4.85. The van der Waals surface area contributed by atoms with Crippen LogP contribution in [0.25, 0.3) is 0 Å². The molecule has 5 heteroatoms. The molecular formula is C11H14N2O3. The summed E-state index contributed by atoms with van der Waals surface area (Å²) >= 11 is 0. The van der Waals surface area contributed by atoms with Gasteiger partial charge in [-0.15, -0.1) is 0 Å². The van der Waals surface area contributed by atoms with Crippen LogP contribution in [0.3, 0.4) is 0 Å². The van der Waals surface area contributed by atoms with Crippen LogP contribution in [0, 0.1) is 0 Å². The van der Waals surface area contributed by atoms with Crippen molar-refractivity contribution < 1.29 is 9.53 Å². The third kappa shape index (κ3) is 3.61. The maximum Gasteiger partial charge on any atom is 0.256 e. The van der Waals surface area contributed by atoms with Gasteiger partial charge in [-0.2, -0.15) is 0 Å². The molecule has 1 aromatic heterocycles. The number of aromatic amines is 1. The van der Waals surface area contributed by atoms with E-state index in [-0.39, 0.29) is 16.9 Å². The number of carbonyl (C=O) groups excluding carboxylic acids is 1. The molecule has 0 atom stereocenters. The van der Waals surface area contributed by atoms with Crippen LogP contribution in [-0.2, 0) is 4.74 Å². The number of ether oxygens (including phenoxy) is 1. The molecule has 1 rings (SSSR count). The van der Waals surface area contributed by atoms with Gasteiger partial charge in [-0.3, -0.25) is 9.59 Å². The Bertz CT molecular complexity index is 412. The van der Waals surface area contributed by atoms with Crippen molar-refractivity contribution in [3.63, 3.8) is 0 Å². The van der Waals surface area contributed by atoms with Crippen molar-refractivity contribution in [2.75, 3.05) is 13.2 Å². The molecule has 0 saturated carbocycles. The van der Waals surface area contributed by atoms with Gasteiger partial charge in [0.2, 0.25) is 0 Å². The molecule has 0 aliphatic rings. The predicted octanol–water partition coefficient (Wildman–Crippen LogP) is 0.655. The number of nitrogens with one attached hydrogen (secondary N) is 2. The molecule has 0 radical (unpaired) electrons. The van der Waals surface area contributed by atoms with Gasteiger partial charge in [-0.1, -0.05) is 6.58 Å². The number of rotatable bonds is 6. The Morgan fingerprint density at radius 2 is 2.44 bits per heavy atom. The molecule has 1 heterocycles. The first-order valence-electron chi connectivity index (χ1n) is 4.93. The fraction of sp³-hybridized carbons (Fsp3) is 0.273. The minimum atomic E-state index is -0.375. The normalized spacial score (nSPS) is 9.50. The summed E-state index contributed by atoms with van der Waals surface area (Å²) in [6.45, 7) is 4.35. The Labute approximate surface area is 93.1 Å². The van der Waals surface area contributed by atoms with E-state index in [0.29, 0.717) is 19.6 Å². The van der Waals surface area contributed by atoms with Crippen LogP contribution in [0.2, 0.25) is 0 Å². The number of pyridine rings is 1. The van der Waals surface area contributed by atoms with Crippen molar-refractivity contribution in [2.24, 2.45) is 0 Å². The van der Waals surface area contributed by atoms with Gasteiger partial charge in [0.1, 0.15) is 5.56 Å². The van der Waals surface area contributed by atoms with Crippen LogP contribution < -0.4 is 10.7 Å². The Balaban J connectivity index is 2.39. The van der Waals surface area contributed by atoms with E-state index in [4.69, 9.17) is 4.74 Å². The number of carbonyl (C=O) groups is 1. The fourth-order valence-electron chi connectivity index (χ4n) is 1.13. The Morgan fingerprint density at radius 3 is 3.12 bits per heavy atom. The maximum atomic E-state index is 11.5. The molecule has 0 aliphatic carbocycles. The molecule has 86 valence electrons. The molecular weight excluding hydrogens is 208 g/mol. The first-order chi connectivity index (χ1) is 7.75. The largest absolute Gasteiger partial charge is 0.502 e. The summed E-state index contributed by atoms with van der Waals surface area (Å²) in [5.74, 6) is -0.375. The Hall–Kier alpha value is -2.04. The quantitative estimate of drug-likeness (QED) is 0.548. The van der Waals surface area contributed by atoms with Crippen LogP contribution in [0.4, 0.5) is 0 Å². The first-order valence-corrected chi connectivity index (χ1v) is 4.93. The van der Waals surface area contributed by atoms with Crippen LogP contribution in [-0.4, -0.2) is 24.0 Å². The molecule has 0 aromatic carbocycles. The van der Waals surface area contributed by atoms with Crippen LogP contribution in [0.5, 0.6) is 0 Å². The van der Waals surface area contributed by atoms with Crippen molar-refractivity contribution in [3.8, 4) is 0 Å². The summed E-state index contributed by atoms with van der Waals surface area (Å²) in [4.78, 5) is 25.5. The lowest BCUT2D eigenvalue weighted by Gasteiger charge is -2.04. The van der Waals surface area contributed by atoms with Gasteiger partial charge in [0.15, 0.2) is 5.43 Å².